The van der Waals surface area contributed by atoms with Crippen LogP contribution in [0.1, 0.15) is 29.2 Å². The molecule has 0 N–H and O–H groups in total. The molecule has 0 unspecified atom stereocenters. The summed E-state index contributed by atoms with van der Waals surface area (Å²) in [7, 11) is 4.69. The summed E-state index contributed by atoms with van der Waals surface area (Å²) in [6.07, 6.45) is -1.31. The Balaban J connectivity index is 0.00000370. The van der Waals surface area contributed by atoms with Crippen LogP contribution in [0.3, 0.4) is 0 Å². The summed E-state index contributed by atoms with van der Waals surface area (Å²) in [5.41, 5.74) is 3.05. The molecule has 3 aromatic carbocycles. The van der Waals surface area contributed by atoms with Crippen LogP contribution in [0.4, 0.5) is 17.6 Å². The number of benzene rings is 3. The molecule has 5 rings (SSSR count). The highest BCUT2D eigenvalue weighted by atomic mass is 35.5. The van der Waals surface area contributed by atoms with E-state index in [0.29, 0.717) is 42.0 Å². The molecule has 0 fully saturated rings. The molecule has 0 radical (unpaired) electrons. The molecule has 0 amide bonds. The molecule has 212 valence electrons. The number of ether oxygens (including phenoxy) is 4. The number of methoxy groups -OCH3 is 3. The van der Waals surface area contributed by atoms with Crippen LogP contribution in [0.5, 0.6) is 23.0 Å². The van der Waals surface area contributed by atoms with Crippen LogP contribution in [0.25, 0.3) is 22.0 Å². The highest BCUT2D eigenvalue weighted by Gasteiger charge is 2.35. The molecule has 4 aromatic rings. The number of aryl methyl sites for hydroxylation is 3. The van der Waals surface area contributed by atoms with E-state index in [1.807, 2.05) is 24.4 Å². The fourth-order valence-electron chi connectivity index (χ4n) is 5.33. The van der Waals surface area contributed by atoms with E-state index in [4.69, 9.17) is 18.9 Å². The number of alkyl halides is 3. The number of halogens is 5. The van der Waals surface area contributed by atoms with Gasteiger partial charge < -0.3 is 31.4 Å². The Hall–Kier alpha value is -3.72. The van der Waals surface area contributed by atoms with E-state index in [2.05, 4.69) is 11.5 Å². The van der Waals surface area contributed by atoms with Crippen molar-refractivity contribution in [3.05, 3.63) is 76.7 Å². The van der Waals surface area contributed by atoms with Gasteiger partial charge in [-0.3, -0.25) is 0 Å². The van der Waals surface area contributed by atoms with Crippen molar-refractivity contribution in [2.45, 2.75) is 39.1 Å². The molecule has 0 saturated heterocycles. The second-order valence-corrected chi connectivity index (χ2v) is 9.26. The van der Waals surface area contributed by atoms with Gasteiger partial charge in [0.2, 0.25) is 5.69 Å². The number of aromatic nitrogens is 1. The Bertz CT molecular complexity index is 1570. The number of pyridine rings is 1. The van der Waals surface area contributed by atoms with E-state index in [0.717, 1.165) is 51.7 Å². The Morgan fingerprint density at radius 2 is 1.57 bits per heavy atom. The molecule has 10 heteroatoms. The van der Waals surface area contributed by atoms with Crippen LogP contribution in [0.15, 0.2) is 48.7 Å². The molecule has 40 heavy (non-hydrogen) atoms. The van der Waals surface area contributed by atoms with Gasteiger partial charge in [0, 0.05) is 22.9 Å². The molecule has 1 aromatic heterocycles. The number of hydrogen-bond donors (Lipinski definition) is 0. The van der Waals surface area contributed by atoms with Gasteiger partial charge in [0.1, 0.15) is 12.4 Å². The Kier molecular flexibility index (Phi) is 8.35. The molecule has 0 saturated carbocycles. The van der Waals surface area contributed by atoms with Crippen LogP contribution < -0.4 is 35.9 Å². The standard InChI is InChI=1S/C30H28F4NO4.ClH/c1-5-20-21-8-9-25(36-2)29(39-16-18-6-7-19(31)13-24(18)30(32,33)34)23(21)15-35-11-10-17-12-26(37-3)27(38-4)14-22(17)28(20)35;/h6-9,12-15H,5,10-11,16H2,1-4H3;1H/q+1;/p-1. The second kappa shape index (κ2) is 11.4. The first-order chi connectivity index (χ1) is 18.7. The van der Waals surface area contributed by atoms with Gasteiger partial charge in [0.25, 0.3) is 0 Å². The lowest BCUT2D eigenvalue weighted by Gasteiger charge is -2.22. The van der Waals surface area contributed by atoms with Crippen LogP contribution in [0, 0.1) is 5.82 Å². The van der Waals surface area contributed by atoms with E-state index >= 15 is 0 Å². The maximum atomic E-state index is 13.6. The van der Waals surface area contributed by atoms with Crippen LogP contribution in [-0.2, 0) is 32.2 Å². The highest BCUT2D eigenvalue weighted by molar-refractivity contribution is 5.95. The second-order valence-electron chi connectivity index (χ2n) is 9.26. The maximum Gasteiger partial charge on any atom is 0.416 e. The molecule has 1 aliphatic rings. The van der Waals surface area contributed by atoms with Gasteiger partial charge in [0.05, 0.1) is 37.8 Å². The van der Waals surface area contributed by atoms with Gasteiger partial charge in [-0.1, -0.05) is 13.0 Å². The number of rotatable bonds is 7. The lowest BCUT2D eigenvalue weighted by atomic mass is 9.90. The molecule has 0 spiro atoms. The van der Waals surface area contributed by atoms with Crippen molar-refractivity contribution in [3.8, 4) is 34.3 Å². The van der Waals surface area contributed by atoms with Crippen LogP contribution in [0.2, 0.25) is 0 Å². The molecule has 2 heterocycles. The topological polar surface area (TPSA) is 40.8 Å². The van der Waals surface area contributed by atoms with Gasteiger partial charge in [0.15, 0.2) is 35.7 Å². The van der Waals surface area contributed by atoms with Gasteiger partial charge in [-0.2, -0.15) is 17.7 Å². The minimum absolute atomic E-state index is 0. The fourth-order valence-corrected chi connectivity index (χ4v) is 5.33. The number of nitrogens with zero attached hydrogens (tertiary/aromatic N) is 1. The molecule has 0 bridgehead atoms. The van der Waals surface area contributed by atoms with Crippen molar-refractivity contribution in [1.29, 1.82) is 0 Å². The zero-order chi connectivity index (χ0) is 27.9. The van der Waals surface area contributed by atoms with Crippen molar-refractivity contribution in [2.75, 3.05) is 21.3 Å². The zero-order valence-corrected chi connectivity index (χ0v) is 23.2. The predicted molar refractivity (Wildman–Crippen MR) is 138 cm³/mol. The molecular weight excluding hydrogens is 550 g/mol. The summed E-state index contributed by atoms with van der Waals surface area (Å²) < 4.78 is 79.2. The van der Waals surface area contributed by atoms with E-state index in [1.54, 1.807) is 20.3 Å². The van der Waals surface area contributed by atoms with E-state index in [-0.39, 0.29) is 18.0 Å². The summed E-state index contributed by atoms with van der Waals surface area (Å²) in [6, 6.07) is 10.3. The predicted octanol–water partition coefficient (Wildman–Crippen LogP) is 3.68. The molecule has 0 atom stereocenters. The molecular formula is C30H28ClF4NO4. The van der Waals surface area contributed by atoms with Crippen LogP contribution in [-0.4, -0.2) is 21.3 Å². The Morgan fingerprint density at radius 1 is 0.875 bits per heavy atom. The molecule has 0 aliphatic carbocycles. The first-order valence-corrected chi connectivity index (χ1v) is 12.5. The first-order valence-electron chi connectivity index (χ1n) is 12.5. The molecule has 1 aliphatic heterocycles. The summed E-state index contributed by atoms with van der Waals surface area (Å²) in [6.45, 7) is 2.34. The van der Waals surface area contributed by atoms with Crippen molar-refractivity contribution < 1.29 is 53.5 Å². The van der Waals surface area contributed by atoms with E-state index in [9.17, 15) is 17.6 Å². The van der Waals surface area contributed by atoms with Gasteiger partial charge in [-0.05, 0) is 48.4 Å². The minimum atomic E-state index is -4.72. The summed E-state index contributed by atoms with van der Waals surface area (Å²) in [4.78, 5) is 0. The normalized spacial score (nSPS) is 12.3. The average Bonchev–Trinajstić information content (AvgIpc) is 2.93. The largest absolute Gasteiger partial charge is 1.00 e. The van der Waals surface area contributed by atoms with Gasteiger partial charge in [-0.15, -0.1) is 0 Å². The quantitative estimate of drug-likeness (QED) is 0.248. The third-order valence-corrected chi connectivity index (χ3v) is 7.15. The fraction of sp³-hybridized carbons (Fsp3) is 0.300. The monoisotopic (exact) mass is 577 g/mol. The summed E-state index contributed by atoms with van der Waals surface area (Å²) in [5.74, 6) is 1.06. The van der Waals surface area contributed by atoms with Crippen LogP contribution >= 0.6 is 0 Å². The third-order valence-electron chi connectivity index (χ3n) is 7.15. The van der Waals surface area contributed by atoms with E-state index in [1.165, 1.54) is 7.11 Å². The van der Waals surface area contributed by atoms with Crippen molar-refractivity contribution in [3.63, 3.8) is 0 Å². The highest BCUT2D eigenvalue weighted by Crippen LogP contribution is 2.43. The Labute approximate surface area is 235 Å². The maximum absolute atomic E-state index is 13.6. The summed E-state index contributed by atoms with van der Waals surface area (Å²) >= 11 is 0. The minimum Gasteiger partial charge on any atom is -1.00 e. The van der Waals surface area contributed by atoms with Crippen molar-refractivity contribution in [1.82, 2.24) is 0 Å². The van der Waals surface area contributed by atoms with Crippen molar-refractivity contribution in [2.24, 2.45) is 0 Å². The average molecular weight is 578 g/mol. The number of fused-ring (bicyclic) bond motifs is 4. The van der Waals surface area contributed by atoms with E-state index < -0.39 is 24.2 Å². The SMILES string of the molecule is CCc1c2[n+](cc3c(OCc4ccc(F)cc4C(F)(F)F)c(OC)ccc13)CCc1cc(OC)c(OC)cc1-2.[Cl-]. The lowest BCUT2D eigenvalue weighted by molar-refractivity contribution is -0.686. The lowest BCUT2D eigenvalue weighted by Crippen LogP contribution is -3.00. The summed E-state index contributed by atoms with van der Waals surface area (Å²) in [5, 5.41) is 1.62. The third kappa shape index (κ3) is 5.10. The smallest absolute Gasteiger partial charge is 0.416 e. The zero-order valence-electron chi connectivity index (χ0n) is 22.4. The van der Waals surface area contributed by atoms with Gasteiger partial charge >= 0.3 is 6.18 Å². The Morgan fingerprint density at radius 3 is 2.23 bits per heavy atom. The first kappa shape index (κ1) is 29.3. The number of hydrogen-bond acceptors (Lipinski definition) is 4. The van der Waals surface area contributed by atoms with Gasteiger partial charge in [-0.25, -0.2) is 4.39 Å². The van der Waals surface area contributed by atoms with Crippen molar-refractivity contribution >= 4 is 10.8 Å². The molecule has 5 nitrogen and oxygen atoms in total.